The van der Waals surface area contributed by atoms with Crippen molar-refractivity contribution in [3.63, 3.8) is 0 Å². The second-order valence-electron chi connectivity index (χ2n) is 7.69. The number of methoxy groups -OCH3 is 1. The number of benzene rings is 1. The minimum absolute atomic E-state index is 0.195. The van der Waals surface area contributed by atoms with E-state index < -0.39 is 0 Å². The zero-order chi connectivity index (χ0) is 18.9. The lowest BCUT2D eigenvalue weighted by molar-refractivity contribution is 0.144. The summed E-state index contributed by atoms with van der Waals surface area (Å²) in [7, 11) is 1.71. The van der Waals surface area contributed by atoms with Crippen LogP contribution in [0.5, 0.6) is 5.75 Å². The highest BCUT2D eigenvalue weighted by atomic mass is 32.2. The van der Waals surface area contributed by atoms with E-state index in [1.807, 2.05) is 18.9 Å². The Morgan fingerprint density at radius 1 is 1.37 bits per heavy atom. The van der Waals surface area contributed by atoms with Gasteiger partial charge in [0.25, 0.3) is 0 Å². The molecule has 4 rings (SSSR count). The summed E-state index contributed by atoms with van der Waals surface area (Å²) >= 11 is 1.88. The van der Waals surface area contributed by atoms with E-state index in [1.165, 1.54) is 36.9 Å². The van der Waals surface area contributed by atoms with Crippen LogP contribution >= 0.6 is 11.9 Å². The van der Waals surface area contributed by atoms with Crippen LogP contribution < -0.4 is 14.8 Å². The predicted molar refractivity (Wildman–Crippen MR) is 108 cm³/mol. The number of carbonyl (C=O) groups excluding carboxylic acids is 1. The molecule has 2 aliphatic heterocycles. The van der Waals surface area contributed by atoms with Gasteiger partial charge in [-0.3, -0.25) is 4.90 Å². The molecular weight excluding hydrogens is 362 g/mol. The number of fused-ring (bicyclic) bond motifs is 2. The molecule has 1 spiro atoms. The SMILES string of the molecule is CCOC(=O)NC1CCN(C2CCC3(CC2)SNc2cc(OC)ccc23)C1. The number of rotatable bonds is 4. The van der Waals surface area contributed by atoms with Crippen molar-refractivity contribution in [3.05, 3.63) is 23.8 Å². The smallest absolute Gasteiger partial charge is 0.407 e. The fourth-order valence-corrected chi connectivity index (χ4v) is 5.92. The van der Waals surface area contributed by atoms with Gasteiger partial charge < -0.3 is 19.5 Å². The van der Waals surface area contributed by atoms with Crippen LogP contribution in [0.3, 0.4) is 0 Å². The minimum Gasteiger partial charge on any atom is -0.497 e. The number of ether oxygens (including phenoxy) is 2. The number of hydrogen-bond donors (Lipinski definition) is 2. The monoisotopic (exact) mass is 391 g/mol. The molecule has 0 bridgehead atoms. The van der Waals surface area contributed by atoms with Gasteiger partial charge >= 0.3 is 6.09 Å². The van der Waals surface area contributed by atoms with Crippen molar-refractivity contribution in [3.8, 4) is 5.75 Å². The van der Waals surface area contributed by atoms with Gasteiger partial charge in [0.15, 0.2) is 0 Å². The molecule has 2 heterocycles. The Hall–Kier alpha value is -1.60. The number of nitrogens with one attached hydrogen (secondary N) is 2. The number of nitrogens with zero attached hydrogens (tertiary/aromatic N) is 1. The molecule has 2 fully saturated rings. The molecule has 1 saturated carbocycles. The Morgan fingerprint density at radius 3 is 2.93 bits per heavy atom. The third-order valence-corrected chi connectivity index (χ3v) is 7.51. The fourth-order valence-electron chi connectivity index (χ4n) is 4.72. The van der Waals surface area contributed by atoms with Crippen molar-refractivity contribution in [1.82, 2.24) is 10.2 Å². The molecule has 7 heteroatoms. The molecule has 1 saturated heterocycles. The summed E-state index contributed by atoms with van der Waals surface area (Å²) in [5, 5.41) is 2.99. The first kappa shape index (κ1) is 18.7. The molecule has 2 N–H and O–H groups in total. The van der Waals surface area contributed by atoms with E-state index in [4.69, 9.17) is 9.47 Å². The van der Waals surface area contributed by atoms with Crippen LogP contribution in [0.4, 0.5) is 10.5 Å². The number of likely N-dealkylation sites (tertiary alicyclic amines) is 1. The first-order valence-corrected chi connectivity index (χ1v) is 10.7. The van der Waals surface area contributed by atoms with E-state index in [1.54, 1.807) is 7.11 Å². The first-order valence-electron chi connectivity index (χ1n) is 9.93. The van der Waals surface area contributed by atoms with E-state index in [-0.39, 0.29) is 16.9 Å². The Balaban J connectivity index is 1.34. The van der Waals surface area contributed by atoms with Gasteiger partial charge in [0.1, 0.15) is 5.75 Å². The van der Waals surface area contributed by atoms with E-state index in [0.29, 0.717) is 12.6 Å². The Morgan fingerprint density at radius 2 is 2.19 bits per heavy atom. The summed E-state index contributed by atoms with van der Waals surface area (Å²) in [6.07, 6.45) is 5.49. The molecule has 148 valence electrons. The summed E-state index contributed by atoms with van der Waals surface area (Å²) in [5.74, 6) is 0.907. The molecule has 0 aromatic heterocycles. The molecule has 1 aromatic carbocycles. The van der Waals surface area contributed by atoms with E-state index in [0.717, 1.165) is 25.3 Å². The number of hydrogen-bond acceptors (Lipinski definition) is 6. The van der Waals surface area contributed by atoms with Crippen LogP contribution in [-0.2, 0) is 9.48 Å². The van der Waals surface area contributed by atoms with Crippen molar-refractivity contribution in [1.29, 1.82) is 0 Å². The van der Waals surface area contributed by atoms with Gasteiger partial charge in [-0.2, -0.15) is 0 Å². The normalized spacial score (nSPS) is 30.0. The van der Waals surface area contributed by atoms with Gasteiger partial charge in [0.2, 0.25) is 0 Å². The molecule has 1 aliphatic carbocycles. The van der Waals surface area contributed by atoms with Crippen LogP contribution in [-0.4, -0.2) is 49.9 Å². The predicted octanol–water partition coefficient (Wildman–Crippen LogP) is 3.73. The van der Waals surface area contributed by atoms with Gasteiger partial charge in [0.05, 0.1) is 24.2 Å². The summed E-state index contributed by atoms with van der Waals surface area (Å²) < 4.78 is 14.1. The summed E-state index contributed by atoms with van der Waals surface area (Å²) in [4.78, 5) is 14.2. The van der Waals surface area contributed by atoms with Gasteiger partial charge in [-0.25, -0.2) is 4.79 Å². The summed E-state index contributed by atoms with van der Waals surface area (Å²) in [6.45, 7) is 4.26. The van der Waals surface area contributed by atoms with Crippen molar-refractivity contribution in [2.75, 3.05) is 31.5 Å². The van der Waals surface area contributed by atoms with E-state index in [2.05, 4.69) is 33.1 Å². The van der Waals surface area contributed by atoms with Gasteiger partial charge in [0, 0.05) is 31.2 Å². The summed E-state index contributed by atoms with van der Waals surface area (Å²) in [5.41, 5.74) is 2.63. The molecule has 3 aliphatic rings. The first-order chi connectivity index (χ1) is 13.1. The van der Waals surface area contributed by atoms with E-state index >= 15 is 0 Å². The summed E-state index contributed by atoms with van der Waals surface area (Å²) in [6, 6.07) is 7.25. The second kappa shape index (κ2) is 7.80. The molecule has 1 unspecified atom stereocenters. The van der Waals surface area contributed by atoms with E-state index in [9.17, 15) is 4.79 Å². The van der Waals surface area contributed by atoms with Gasteiger partial charge in [-0.05, 0) is 62.6 Å². The largest absolute Gasteiger partial charge is 0.497 e. The lowest BCUT2D eigenvalue weighted by Gasteiger charge is -2.39. The lowest BCUT2D eigenvalue weighted by atomic mass is 9.80. The van der Waals surface area contributed by atoms with Gasteiger partial charge in [-0.1, -0.05) is 6.07 Å². The molecule has 1 atom stereocenters. The van der Waals surface area contributed by atoms with Crippen molar-refractivity contribution in [2.45, 2.75) is 55.9 Å². The third kappa shape index (κ3) is 3.72. The van der Waals surface area contributed by atoms with Crippen molar-refractivity contribution >= 4 is 23.7 Å². The van der Waals surface area contributed by atoms with Crippen LogP contribution in [0.25, 0.3) is 0 Å². The lowest BCUT2D eigenvalue weighted by Crippen LogP contribution is -2.42. The van der Waals surface area contributed by atoms with Crippen LogP contribution in [0.2, 0.25) is 0 Å². The maximum Gasteiger partial charge on any atom is 0.407 e. The Bertz CT molecular complexity index is 691. The molecular formula is C20H29N3O3S. The van der Waals surface area contributed by atoms with Crippen molar-refractivity contribution < 1.29 is 14.3 Å². The number of amides is 1. The highest BCUT2D eigenvalue weighted by molar-refractivity contribution is 8.01. The molecule has 1 aromatic rings. The van der Waals surface area contributed by atoms with Crippen LogP contribution in [0.1, 0.15) is 44.6 Å². The average Bonchev–Trinajstić information content (AvgIpc) is 3.28. The standard InChI is InChI=1S/C20H29N3O3S/c1-3-26-19(24)21-14-8-11-23(13-14)15-6-9-20(10-7-15)17-5-4-16(25-2)12-18(17)22-27-20/h4-5,12,14-15,22H,3,6-11,13H2,1-2H3,(H,21,24). The second-order valence-corrected chi connectivity index (χ2v) is 8.88. The number of carbonyl (C=O) groups is 1. The molecule has 0 radical (unpaired) electrons. The number of anilines is 1. The minimum atomic E-state index is -0.285. The maximum absolute atomic E-state index is 11.6. The van der Waals surface area contributed by atoms with Crippen molar-refractivity contribution in [2.24, 2.45) is 0 Å². The third-order valence-electron chi connectivity index (χ3n) is 6.17. The highest BCUT2D eigenvalue weighted by Crippen LogP contribution is 2.56. The quantitative estimate of drug-likeness (QED) is 0.763. The molecule has 6 nitrogen and oxygen atoms in total. The van der Waals surface area contributed by atoms with Crippen LogP contribution in [0.15, 0.2) is 18.2 Å². The molecule has 27 heavy (non-hydrogen) atoms. The zero-order valence-electron chi connectivity index (χ0n) is 16.1. The Labute approximate surface area is 165 Å². The highest BCUT2D eigenvalue weighted by Gasteiger charge is 2.44. The topological polar surface area (TPSA) is 62.8 Å². The molecule has 1 amide bonds. The Kier molecular flexibility index (Phi) is 5.41. The average molecular weight is 392 g/mol. The zero-order valence-corrected chi connectivity index (χ0v) is 16.9. The maximum atomic E-state index is 11.6. The van der Waals surface area contributed by atoms with Gasteiger partial charge in [-0.15, -0.1) is 0 Å². The van der Waals surface area contributed by atoms with Crippen LogP contribution in [0, 0.1) is 0 Å². The fraction of sp³-hybridized carbons (Fsp3) is 0.650. The number of alkyl carbamates (subject to hydrolysis) is 1.